The van der Waals surface area contributed by atoms with E-state index in [1.54, 1.807) is 0 Å². The van der Waals surface area contributed by atoms with Crippen molar-refractivity contribution in [2.75, 3.05) is 13.2 Å². The maximum absolute atomic E-state index is 11.5. The average Bonchev–Trinajstić information content (AvgIpc) is 2.24. The van der Waals surface area contributed by atoms with E-state index in [1.807, 2.05) is 13.8 Å². The third-order valence-corrected chi connectivity index (χ3v) is 2.77. The van der Waals surface area contributed by atoms with Crippen molar-refractivity contribution in [3.05, 3.63) is 0 Å². The lowest BCUT2D eigenvalue weighted by Gasteiger charge is -2.35. The van der Waals surface area contributed by atoms with Gasteiger partial charge in [0.2, 0.25) is 0 Å². The zero-order chi connectivity index (χ0) is 13.8. The highest BCUT2D eigenvalue weighted by Crippen LogP contribution is 2.23. The number of ether oxygens (including phenoxy) is 1. The van der Waals surface area contributed by atoms with E-state index in [0.29, 0.717) is 13.0 Å². The Bertz CT molecular complexity index is 319. The van der Waals surface area contributed by atoms with Crippen LogP contribution in [0.5, 0.6) is 0 Å². The fourth-order valence-corrected chi connectivity index (χ4v) is 1.87. The van der Waals surface area contributed by atoms with Crippen molar-refractivity contribution in [3.8, 4) is 0 Å². The number of carbonyl (C=O) groups is 2. The van der Waals surface area contributed by atoms with Crippen molar-refractivity contribution in [1.29, 1.82) is 0 Å². The summed E-state index contributed by atoms with van der Waals surface area (Å²) in [6, 6.07) is -0.478. The number of carbonyl (C=O) groups excluding carboxylic acids is 1. The predicted molar refractivity (Wildman–Crippen MR) is 63.2 cm³/mol. The van der Waals surface area contributed by atoms with Crippen LogP contribution in [-0.2, 0) is 9.53 Å². The Hall–Kier alpha value is -1.34. The molecule has 1 saturated heterocycles. The molecule has 2 amide bonds. The van der Waals surface area contributed by atoms with Gasteiger partial charge in [-0.2, -0.15) is 0 Å². The quantitative estimate of drug-likeness (QED) is 0.554. The van der Waals surface area contributed by atoms with Crippen LogP contribution >= 0.6 is 0 Å². The Morgan fingerprint density at radius 1 is 1.50 bits per heavy atom. The van der Waals surface area contributed by atoms with Crippen LogP contribution in [0.3, 0.4) is 0 Å². The molecule has 1 fully saturated rings. The van der Waals surface area contributed by atoms with E-state index in [1.165, 1.54) is 0 Å². The average molecular weight is 260 g/mol. The van der Waals surface area contributed by atoms with Gasteiger partial charge in [0.25, 0.3) is 0 Å². The van der Waals surface area contributed by atoms with E-state index < -0.39 is 18.1 Å². The van der Waals surface area contributed by atoms with Gasteiger partial charge in [-0.05, 0) is 26.7 Å². The lowest BCUT2D eigenvalue weighted by Crippen LogP contribution is -2.50. The molecule has 0 aromatic heterocycles. The summed E-state index contributed by atoms with van der Waals surface area (Å²) in [4.78, 5) is 21.8. The molecular formula is C11H20N2O5. The van der Waals surface area contributed by atoms with Crippen LogP contribution in [0.25, 0.3) is 0 Å². The predicted octanol–water partition coefficient (Wildman–Crippen LogP) is -0.311. The molecular weight excluding hydrogens is 240 g/mol. The van der Waals surface area contributed by atoms with E-state index >= 15 is 0 Å². The Morgan fingerprint density at radius 2 is 2.17 bits per heavy atom. The number of urea groups is 1. The van der Waals surface area contributed by atoms with Crippen molar-refractivity contribution in [3.63, 3.8) is 0 Å². The van der Waals surface area contributed by atoms with Gasteiger partial charge in [-0.3, -0.25) is 0 Å². The highest BCUT2D eigenvalue weighted by Gasteiger charge is 2.29. The molecule has 0 aromatic rings. The van der Waals surface area contributed by atoms with Crippen LogP contribution in [0, 0.1) is 0 Å². The maximum Gasteiger partial charge on any atom is 0.334 e. The third-order valence-electron chi connectivity index (χ3n) is 2.77. The van der Waals surface area contributed by atoms with Crippen molar-refractivity contribution < 1.29 is 24.5 Å². The van der Waals surface area contributed by atoms with Crippen molar-refractivity contribution in [2.24, 2.45) is 0 Å². The standard InChI is InChI=1S/C11H20N2O5/c1-11(2)5-7(3-4-18-11)13-10(17)12-6-8(14)9(15)16/h7-8,14H,3-6H2,1-2H3,(H,15,16)(H2,12,13,17)/t7?,8-/m0/s1. The number of rotatable bonds is 4. The number of hydrogen-bond acceptors (Lipinski definition) is 4. The topological polar surface area (TPSA) is 108 Å². The van der Waals surface area contributed by atoms with Crippen LogP contribution < -0.4 is 10.6 Å². The summed E-state index contributed by atoms with van der Waals surface area (Å²) in [5.41, 5.74) is -0.267. The van der Waals surface area contributed by atoms with Crippen molar-refractivity contribution >= 4 is 12.0 Å². The fourth-order valence-electron chi connectivity index (χ4n) is 1.87. The zero-order valence-corrected chi connectivity index (χ0v) is 10.6. The Balaban J connectivity index is 2.30. The molecule has 0 spiro atoms. The van der Waals surface area contributed by atoms with Crippen LogP contribution in [0.1, 0.15) is 26.7 Å². The molecule has 0 aliphatic carbocycles. The highest BCUT2D eigenvalue weighted by molar-refractivity contribution is 5.76. The molecule has 1 rings (SSSR count). The van der Waals surface area contributed by atoms with E-state index in [-0.39, 0.29) is 18.2 Å². The SMILES string of the molecule is CC1(C)CC(NC(=O)NC[C@H](O)C(=O)O)CCO1. The maximum atomic E-state index is 11.5. The molecule has 7 heteroatoms. The van der Waals surface area contributed by atoms with Crippen molar-refractivity contribution in [2.45, 2.75) is 44.4 Å². The van der Waals surface area contributed by atoms with Gasteiger partial charge >= 0.3 is 12.0 Å². The van der Waals surface area contributed by atoms with Gasteiger partial charge in [-0.1, -0.05) is 0 Å². The summed E-state index contributed by atoms with van der Waals surface area (Å²) in [6.07, 6.45) is -0.165. The number of aliphatic carboxylic acids is 1. The van der Waals surface area contributed by atoms with E-state index in [4.69, 9.17) is 14.9 Å². The first-order valence-electron chi connectivity index (χ1n) is 5.89. The molecule has 0 bridgehead atoms. The smallest absolute Gasteiger partial charge is 0.334 e. The van der Waals surface area contributed by atoms with Crippen LogP contribution in [0.2, 0.25) is 0 Å². The molecule has 0 aromatic carbocycles. The molecule has 2 atom stereocenters. The molecule has 18 heavy (non-hydrogen) atoms. The summed E-state index contributed by atoms with van der Waals surface area (Å²) in [7, 11) is 0. The molecule has 104 valence electrons. The number of amides is 2. The first-order valence-corrected chi connectivity index (χ1v) is 5.89. The first-order chi connectivity index (χ1) is 8.30. The lowest BCUT2D eigenvalue weighted by molar-refractivity contribution is -0.146. The number of nitrogens with one attached hydrogen (secondary N) is 2. The zero-order valence-electron chi connectivity index (χ0n) is 10.6. The minimum Gasteiger partial charge on any atom is -0.479 e. The second-order valence-corrected chi connectivity index (χ2v) is 5.01. The van der Waals surface area contributed by atoms with E-state index in [0.717, 1.165) is 6.42 Å². The molecule has 1 aliphatic heterocycles. The lowest BCUT2D eigenvalue weighted by atomic mass is 9.94. The van der Waals surface area contributed by atoms with Crippen LogP contribution in [-0.4, -0.2) is 53.1 Å². The van der Waals surface area contributed by atoms with Gasteiger partial charge in [0.15, 0.2) is 6.10 Å². The summed E-state index contributed by atoms with van der Waals surface area (Å²) in [5.74, 6) is -1.36. The Labute approximate surface area is 106 Å². The number of carboxylic acid groups (broad SMARTS) is 1. The number of carboxylic acids is 1. The molecule has 0 radical (unpaired) electrons. The second kappa shape index (κ2) is 6.01. The first kappa shape index (κ1) is 14.7. The minimum absolute atomic E-state index is 0.00396. The van der Waals surface area contributed by atoms with Gasteiger partial charge in [-0.15, -0.1) is 0 Å². The van der Waals surface area contributed by atoms with Gasteiger partial charge in [0.05, 0.1) is 12.1 Å². The van der Waals surface area contributed by atoms with Gasteiger partial charge in [0, 0.05) is 12.6 Å². The van der Waals surface area contributed by atoms with E-state index in [2.05, 4.69) is 10.6 Å². The van der Waals surface area contributed by atoms with E-state index in [9.17, 15) is 9.59 Å². The third kappa shape index (κ3) is 4.89. The minimum atomic E-state index is -1.58. The number of aliphatic hydroxyl groups is 1. The molecule has 1 heterocycles. The summed E-state index contributed by atoms with van der Waals surface area (Å²) in [5, 5.41) is 22.5. The Morgan fingerprint density at radius 3 is 2.72 bits per heavy atom. The number of aliphatic hydroxyl groups excluding tert-OH is 1. The van der Waals surface area contributed by atoms with Crippen molar-refractivity contribution in [1.82, 2.24) is 10.6 Å². The van der Waals surface area contributed by atoms with Gasteiger partial charge in [-0.25, -0.2) is 9.59 Å². The molecule has 1 aliphatic rings. The molecule has 1 unspecified atom stereocenters. The van der Waals surface area contributed by atoms with Gasteiger partial charge < -0.3 is 25.6 Å². The fraction of sp³-hybridized carbons (Fsp3) is 0.818. The molecule has 0 saturated carbocycles. The summed E-state index contributed by atoms with van der Waals surface area (Å²) < 4.78 is 5.52. The normalized spacial score (nSPS) is 24.1. The van der Waals surface area contributed by atoms with Crippen LogP contribution in [0.15, 0.2) is 0 Å². The van der Waals surface area contributed by atoms with Gasteiger partial charge in [0.1, 0.15) is 0 Å². The highest BCUT2D eigenvalue weighted by atomic mass is 16.5. The molecule has 7 nitrogen and oxygen atoms in total. The summed E-state index contributed by atoms with van der Waals surface area (Å²) >= 11 is 0. The summed E-state index contributed by atoms with van der Waals surface area (Å²) in [6.45, 7) is 4.17. The monoisotopic (exact) mass is 260 g/mol. The number of hydrogen-bond donors (Lipinski definition) is 4. The largest absolute Gasteiger partial charge is 0.479 e. The van der Waals surface area contributed by atoms with Crippen LogP contribution in [0.4, 0.5) is 4.79 Å². The second-order valence-electron chi connectivity index (χ2n) is 5.01. The molecule has 4 N–H and O–H groups in total. The Kier molecular flexibility index (Phi) is 4.92.